The Balaban J connectivity index is 1.99. The molecule has 0 atom stereocenters. The number of rotatable bonds is 7. The van der Waals surface area contributed by atoms with Crippen LogP contribution in [0.25, 0.3) is 16.3 Å². The zero-order valence-corrected chi connectivity index (χ0v) is 17.2. The molecule has 1 aromatic carbocycles. The summed E-state index contributed by atoms with van der Waals surface area (Å²) in [5.74, 6) is -0.0278. The van der Waals surface area contributed by atoms with Crippen LogP contribution in [0.4, 0.5) is 0 Å². The smallest absolute Gasteiger partial charge is 0.173 e. The van der Waals surface area contributed by atoms with E-state index in [0.29, 0.717) is 5.02 Å². The van der Waals surface area contributed by atoms with Crippen molar-refractivity contribution in [2.24, 2.45) is 0 Å². The number of methoxy groups -OCH3 is 1. The number of ether oxygens (including phenoxy) is 2. The van der Waals surface area contributed by atoms with E-state index in [1.165, 1.54) is 18.3 Å². The van der Waals surface area contributed by atoms with Gasteiger partial charge in [-0.25, -0.2) is 4.68 Å². The van der Waals surface area contributed by atoms with Gasteiger partial charge in [0.1, 0.15) is 5.60 Å². The maximum Gasteiger partial charge on any atom is 0.173 e. The summed E-state index contributed by atoms with van der Waals surface area (Å²) in [6, 6.07) is 13.4. The molecule has 7 heteroatoms. The highest BCUT2D eigenvalue weighted by molar-refractivity contribution is 7.17. The Bertz CT molecular complexity index is 962. The van der Waals surface area contributed by atoms with E-state index in [4.69, 9.17) is 21.1 Å². The molecule has 0 saturated carbocycles. The lowest BCUT2D eigenvalue weighted by Crippen LogP contribution is -2.32. The van der Waals surface area contributed by atoms with E-state index in [2.05, 4.69) is 5.10 Å². The quantitative estimate of drug-likeness (QED) is 0.546. The molecule has 0 spiro atoms. The lowest BCUT2D eigenvalue weighted by molar-refractivity contribution is -0.139. The average Bonchev–Trinajstić information content (AvgIpc) is 3.26. The monoisotopic (exact) mass is 404 g/mol. The summed E-state index contributed by atoms with van der Waals surface area (Å²) in [5.41, 5.74) is 1.63. The first kappa shape index (κ1) is 19.6. The van der Waals surface area contributed by atoms with Crippen LogP contribution in [0.15, 0.2) is 42.5 Å². The van der Waals surface area contributed by atoms with Crippen LogP contribution in [0.1, 0.15) is 26.5 Å². The highest BCUT2D eigenvalue weighted by Gasteiger charge is 2.25. The summed E-state index contributed by atoms with van der Waals surface area (Å²) in [6.45, 7) is 5.27. The largest absolute Gasteiger partial charge is 0.487 e. The molecule has 3 aromatic rings. The van der Waals surface area contributed by atoms with Crippen molar-refractivity contribution in [3.8, 4) is 21.3 Å². The fraction of sp³-hybridized carbons (Fsp3) is 0.300. The molecule has 0 N–H and O–H groups in total. The third-order valence-electron chi connectivity index (χ3n) is 4.28. The molecule has 0 fully saturated rings. The van der Waals surface area contributed by atoms with Crippen molar-refractivity contribution in [1.82, 2.24) is 9.78 Å². The van der Waals surface area contributed by atoms with E-state index in [1.54, 1.807) is 21.0 Å². The van der Waals surface area contributed by atoms with Gasteiger partial charge in [-0.2, -0.15) is 5.10 Å². The average molecular weight is 405 g/mol. The number of halogens is 1. The number of Topliss-reactive ketones (excluding diaryl/α,β-unsaturated/α-hetero) is 1. The van der Waals surface area contributed by atoms with Crippen molar-refractivity contribution in [1.29, 1.82) is 0 Å². The van der Waals surface area contributed by atoms with Gasteiger partial charge in [-0.3, -0.25) is 4.79 Å². The molecular weight excluding hydrogens is 384 g/mol. The van der Waals surface area contributed by atoms with Crippen molar-refractivity contribution in [2.45, 2.75) is 33.0 Å². The molecule has 3 rings (SSSR count). The van der Waals surface area contributed by atoms with Gasteiger partial charge in [-0.05, 0) is 57.2 Å². The van der Waals surface area contributed by atoms with Crippen LogP contribution < -0.4 is 4.74 Å². The Morgan fingerprint density at radius 3 is 2.67 bits per heavy atom. The SMILES string of the molecule is COc1ccc(-c2cc(COC(C)(C)C(C)=O)nn2-c2cccc(Cl)c2)s1. The molecule has 2 aromatic heterocycles. The second-order valence-corrected chi connectivity index (χ2v) is 8.07. The van der Waals surface area contributed by atoms with Crippen LogP contribution in [0.3, 0.4) is 0 Å². The summed E-state index contributed by atoms with van der Waals surface area (Å²) < 4.78 is 12.9. The predicted molar refractivity (Wildman–Crippen MR) is 108 cm³/mol. The topological polar surface area (TPSA) is 53.4 Å². The van der Waals surface area contributed by atoms with Gasteiger partial charge in [0, 0.05) is 5.02 Å². The van der Waals surface area contributed by atoms with Crippen LogP contribution >= 0.6 is 22.9 Å². The normalized spacial score (nSPS) is 11.6. The van der Waals surface area contributed by atoms with Crippen molar-refractivity contribution in [2.75, 3.05) is 7.11 Å². The Kier molecular flexibility index (Phi) is 5.69. The molecule has 0 bridgehead atoms. The number of benzene rings is 1. The first-order valence-corrected chi connectivity index (χ1v) is 9.63. The zero-order valence-electron chi connectivity index (χ0n) is 15.7. The Morgan fingerprint density at radius 1 is 1.26 bits per heavy atom. The van der Waals surface area contributed by atoms with Crippen molar-refractivity contribution in [3.05, 3.63) is 53.2 Å². The number of nitrogens with zero attached hydrogens (tertiary/aromatic N) is 2. The molecule has 0 aliphatic carbocycles. The summed E-state index contributed by atoms with van der Waals surface area (Å²) in [5, 5.41) is 6.13. The fourth-order valence-electron chi connectivity index (χ4n) is 2.40. The molecule has 0 aliphatic rings. The number of carbonyl (C=O) groups is 1. The van der Waals surface area contributed by atoms with Crippen molar-refractivity contribution in [3.63, 3.8) is 0 Å². The minimum absolute atomic E-state index is 0.0278. The molecular formula is C20H21ClN2O3S. The summed E-state index contributed by atoms with van der Waals surface area (Å²) in [6.07, 6.45) is 0. The third-order valence-corrected chi connectivity index (χ3v) is 5.58. The van der Waals surface area contributed by atoms with Gasteiger partial charge >= 0.3 is 0 Å². The van der Waals surface area contributed by atoms with Crippen LogP contribution in [-0.4, -0.2) is 28.3 Å². The molecule has 0 saturated heterocycles. The summed E-state index contributed by atoms with van der Waals surface area (Å²) in [7, 11) is 1.65. The van der Waals surface area contributed by atoms with Crippen molar-refractivity contribution >= 4 is 28.7 Å². The number of ketones is 1. The minimum atomic E-state index is -0.855. The molecule has 0 radical (unpaired) electrons. The zero-order chi connectivity index (χ0) is 19.6. The Hall–Kier alpha value is -2.15. The van der Waals surface area contributed by atoms with Crippen LogP contribution in [0.5, 0.6) is 5.06 Å². The molecule has 0 amide bonds. The lowest BCUT2D eigenvalue weighted by Gasteiger charge is -2.21. The molecule has 5 nitrogen and oxygen atoms in total. The van der Waals surface area contributed by atoms with Crippen LogP contribution in [0.2, 0.25) is 5.02 Å². The van der Waals surface area contributed by atoms with Gasteiger partial charge in [0.15, 0.2) is 10.8 Å². The van der Waals surface area contributed by atoms with E-state index in [-0.39, 0.29) is 12.4 Å². The van der Waals surface area contributed by atoms with Gasteiger partial charge in [-0.15, -0.1) is 0 Å². The second kappa shape index (κ2) is 7.84. The van der Waals surface area contributed by atoms with Gasteiger partial charge in [0.05, 0.1) is 35.7 Å². The highest BCUT2D eigenvalue weighted by Crippen LogP contribution is 2.35. The standard InChI is InChI=1S/C20H21ClN2O3S/c1-13(24)20(2,3)26-12-15-11-17(18-8-9-19(25-4)27-18)23(22-15)16-7-5-6-14(21)10-16/h5-11H,12H2,1-4H3. The summed E-state index contributed by atoms with van der Waals surface area (Å²) in [4.78, 5) is 12.7. The first-order valence-electron chi connectivity index (χ1n) is 8.44. The third kappa shape index (κ3) is 4.40. The van der Waals surface area contributed by atoms with Crippen molar-refractivity contribution < 1.29 is 14.3 Å². The minimum Gasteiger partial charge on any atom is -0.487 e. The van der Waals surface area contributed by atoms with Gasteiger partial charge in [-0.1, -0.05) is 29.0 Å². The second-order valence-electron chi connectivity index (χ2n) is 6.59. The Morgan fingerprint density at radius 2 is 2.04 bits per heavy atom. The van der Waals surface area contributed by atoms with Gasteiger partial charge in [0.25, 0.3) is 0 Å². The number of thiophene rings is 1. The number of aromatic nitrogens is 2. The van der Waals surface area contributed by atoms with Gasteiger partial charge in [0.2, 0.25) is 0 Å². The van der Waals surface area contributed by atoms with E-state index in [1.807, 2.05) is 47.1 Å². The number of hydrogen-bond donors (Lipinski definition) is 0. The Labute approximate surface area is 167 Å². The van der Waals surface area contributed by atoms with Gasteiger partial charge < -0.3 is 9.47 Å². The van der Waals surface area contributed by atoms with E-state index in [9.17, 15) is 4.79 Å². The van der Waals surface area contributed by atoms with E-state index < -0.39 is 5.60 Å². The molecule has 142 valence electrons. The van der Waals surface area contributed by atoms with Crippen LogP contribution in [-0.2, 0) is 16.1 Å². The molecule has 27 heavy (non-hydrogen) atoms. The first-order chi connectivity index (χ1) is 12.8. The fourth-order valence-corrected chi connectivity index (χ4v) is 3.41. The molecule has 2 heterocycles. The molecule has 0 unspecified atom stereocenters. The maximum atomic E-state index is 11.7. The predicted octanol–water partition coefficient (Wildman–Crippen LogP) is 5.15. The number of hydrogen-bond acceptors (Lipinski definition) is 5. The lowest BCUT2D eigenvalue weighted by atomic mass is 10.1. The molecule has 0 aliphatic heterocycles. The number of carbonyl (C=O) groups excluding carboxylic acids is 1. The summed E-state index contributed by atoms with van der Waals surface area (Å²) >= 11 is 7.69. The highest BCUT2D eigenvalue weighted by atomic mass is 35.5. The maximum absolute atomic E-state index is 11.7. The van der Waals surface area contributed by atoms with E-state index in [0.717, 1.165) is 27.0 Å². The van der Waals surface area contributed by atoms with E-state index >= 15 is 0 Å². The van der Waals surface area contributed by atoms with Crippen LogP contribution in [0, 0.1) is 0 Å².